The molecule has 0 aromatic rings. The van der Waals surface area contributed by atoms with Gasteiger partial charge in [0.25, 0.3) is 0 Å². The van der Waals surface area contributed by atoms with Gasteiger partial charge in [0.05, 0.1) is 13.2 Å². The Kier molecular flexibility index (Phi) is 4.05. The number of hydrogen-bond acceptors (Lipinski definition) is 3. The molecule has 0 N–H and O–H groups in total. The topological polar surface area (TPSA) is 26.8 Å². The van der Waals surface area contributed by atoms with Crippen molar-refractivity contribution in [2.75, 3.05) is 40.9 Å². The third-order valence-corrected chi connectivity index (χ3v) is 4.11. The van der Waals surface area contributed by atoms with E-state index < -0.39 is 0 Å². The first-order valence-electron chi connectivity index (χ1n) is 6.69. The molecule has 0 aromatic heterocycles. The van der Waals surface area contributed by atoms with E-state index in [-0.39, 0.29) is 5.91 Å². The molecule has 1 saturated carbocycles. The van der Waals surface area contributed by atoms with Gasteiger partial charge in [0.2, 0.25) is 5.91 Å². The van der Waals surface area contributed by atoms with E-state index >= 15 is 0 Å². The minimum absolute atomic E-state index is 0.278. The van der Waals surface area contributed by atoms with Crippen molar-refractivity contribution >= 4 is 5.91 Å². The van der Waals surface area contributed by atoms with Gasteiger partial charge in [-0.3, -0.25) is 9.69 Å². The predicted octanol–water partition coefficient (Wildman–Crippen LogP) is 0.838. The molecule has 0 unspecified atom stereocenters. The molecule has 98 valence electrons. The summed E-state index contributed by atoms with van der Waals surface area (Å²) in [6, 6.07) is 0.641. The fourth-order valence-corrected chi connectivity index (χ4v) is 3.15. The van der Waals surface area contributed by atoms with Crippen LogP contribution in [0.1, 0.15) is 25.7 Å². The van der Waals surface area contributed by atoms with Crippen LogP contribution in [0.2, 0.25) is 0 Å². The van der Waals surface area contributed by atoms with Crippen LogP contribution in [0.4, 0.5) is 0 Å². The zero-order chi connectivity index (χ0) is 12.4. The van der Waals surface area contributed by atoms with Gasteiger partial charge < -0.3 is 9.80 Å². The Labute approximate surface area is 105 Å². The number of amides is 1. The first-order valence-corrected chi connectivity index (χ1v) is 6.69. The molecule has 0 spiro atoms. The minimum atomic E-state index is 0.278. The molecular formula is C13H25N3O. The molecule has 1 saturated heterocycles. The molecule has 17 heavy (non-hydrogen) atoms. The van der Waals surface area contributed by atoms with Gasteiger partial charge in [-0.2, -0.15) is 0 Å². The SMILES string of the molecule is CN(C)CC1CCC(N2CC(=O)N(C)C2)CC1. The maximum Gasteiger partial charge on any atom is 0.237 e. The lowest BCUT2D eigenvalue weighted by atomic mass is 9.85. The van der Waals surface area contributed by atoms with Gasteiger partial charge in [-0.25, -0.2) is 0 Å². The van der Waals surface area contributed by atoms with E-state index in [1.165, 1.54) is 32.2 Å². The molecule has 0 radical (unpaired) electrons. The zero-order valence-corrected chi connectivity index (χ0v) is 11.4. The molecule has 2 aliphatic rings. The van der Waals surface area contributed by atoms with E-state index in [4.69, 9.17) is 0 Å². The highest BCUT2D eigenvalue weighted by Gasteiger charge is 2.32. The maximum atomic E-state index is 11.5. The second-order valence-electron chi connectivity index (χ2n) is 5.92. The average molecular weight is 239 g/mol. The lowest BCUT2D eigenvalue weighted by Gasteiger charge is -2.34. The van der Waals surface area contributed by atoms with Crippen molar-refractivity contribution in [2.45, 2.75) is 31.7 Å². The fourth-order valence-electron chi connectivity index (χ4n) is 3.15. The highest BCUT2D eigenvalue weighted by Crippen LogP contribution is 2.29. The largest absolute Gasteiger partial charge is 0.332 e. The van der Waals surface area contributed by atoms with E-state index in [0.717, 1.165) is 12.6 Å². The van der Waals surface area contributed by atoms with Crippen molar-refractivity contribution in [3.05, 3.63) is 0 Å². The van der Waals surface area contributed by atoms with Gasteiger partial charge in [0.15, 0.2) is 0 Å². The van der Waals surface area contributed by atoms with Gasteiger partial charge in [-0.15, -0.1) is 0 Å². The fraction of sp³-hybridized carbons (Fsp3) is 0.923. The number of carbonyl (C=O) groups excluding carboxylic acids is 1. The molecule has 4 nitrogen and oxygen atoms in total. The summed E-state index contributed by atoms with van der Waals surface area (Å²) in [5, 5.41) is 0. The van der Waals surface area contributed by atoms with Gasteiger partial charge >= 0.3 is 0 Å². The molecule has 4 heteroatoms. The van der Waals surface area contributed by atoms with Crippen molar-refractivity contribution < 1.29 is 4.79 Å². The number of carbonyl (C=O) groups is 1. The Morgan fingerprint density at radius 3 is 2.35 bits per heavy atom. The van der Waals surface area contributed by atoms with Gasteiger partial charge in [-0.05, 0) is 45.7 Å². The Morgan fingerprint density at radius 2 is 1.88 bits per heavy atom. The van der Waals surface area contributed by atoms with Gasteiger partial charge in [-0.1, -0.05) is 0 Å². The van der Waals surface area contributed by atoms with E-state index in [0.29, 0.717) is 12.6 Å². The molecular weight excluding hydrogens is 214 g/mol. The van der Waals surface area contributed by atoms with Crippen LogP contribution in [0, 0.1) is 5.92 Å². The molecule has 2 fully saturated rings. The summed E-state index contributed by atoms with van der Waals surface area (Å²) in [6.45, 7) is 2.69. The van der Waals surface area contributed by atoms with E-state index in [1.807, 2.05) is 11.9 Å². The monoisotopic (exact) mass is 239 g/mol. The Morgan fingerprint density at radius 1 is 1.24 bits per heavy atom. The second kappa shape index (κ2) is 5.36. The number of nitrogens with zero attached hydrogens (tertiary/aromatic N) is 3. The number of hydrogen-bond donors (Lipinski definition) is 0. The maximum absolute atomic E-state index is 11.5. The molecule has 1 heterocycles. The van der Waals surface area contributed by atoms with Crippen molar-refractivity contribution in [3.63, 3.8) is 0 Å². The van der Waals surface area contributed by atoms with Crippen LogP contribution in [-0.2, 0) is 4.79 Å². The molecule has 2 rings (SSSR count). The van der Waals surface area contributed by atoms with Crippen LogP contribution in [-0.4, -0.2) is 67.5 Å². The second-order valence-corrected chi connectivity index (χ2v) is 5.92. The molecule has 0 atom stereocenters. The van der Waals surface area contributed by atoms with Crippen molar-refractivity contribution in [1.29, 1.82) is 0 Å². The van der Waals surface area contributed by atoms with Crippen LogP contribution in [0.15, 0.2) is 0 Å². The van der Waals surface area contributed by atoms with Crippen LogP contribution >= 0.6 is 0 Å². The highest BCUT2D eigenvalue weighted by atomic mass is 16.2. The standard InChI is InChI=1S/C13H25N3O/c1-14(2)8-11-4-6-12(7-5-11)16-9-13(17)15(3)10-16/h11-12H,4-10H2,1-3H3. The van der Waals surface area contributed by atoms with Crippen molar-refractivity contribution in [2.24, 2.45) is 5.92 Å². The predicted molar refractivity (Wildman–Crippen MR) is 68.6 cm³/mol. The summed E-state index contributed by atoms with van der Waals surface area (Å²) in [7, 11) is 6.21. The first kappa shape index (κ1) is 12.8. The highest BCUT2D eigenvalue weighted by molar-refractivity contribution is 5.79. The summed E-state index contributed by atoms with van der Waals surface area (Å²) in [6.07, 6.45) is 5.16. The van der Waals surface area contributed by atoms with Crippen LogP contribution in [0.3, 0.4) is 0 Å². The Bertz CT molecular complexity index is 272. The third kappa shape index (κ3) is 3.19. The van der Waals surface area contributed by atoms with Crippen LogP contribution in [0.25, 0.3) is 0 Å². The summed E-state index contributed by atoms with van der Waals surface area (Å²) in [5.74, 6) is 1.14. The first-order chi connectivity index (χ1) is 8.06. The molecule has 1 aliphatic carbocycles. The third-order valence-electron chi connectivity index (χ3n) is 4.11. The number of likely N-dealkylation sites (N-methyl/N-ethyl adjacent to an activating group) is 1. The van der Waals surface area contributed by atoms with Crippen molar-refractivity contribution in [1.82, 2.24) is 14.7 Å². The molecule has 1 aliphatic heterocycles. The normalized spacial score (nSPS) is 31.5. The lowest BCUT2D eigenvalue weighted by Crippen LogP contribution is -2.38. The Hall–Kier alpha value is -0.610. The minimum Gasteiger partial charge on any atom is -0.332 e. The van der Waals surface area contributed by atoms with Crippen LogP contribution < -0.4 is 0 Å². The zero-order valence-electron chi connectivity index (χ0n) is 11.4. The van der Waals surface area contributed by atoms with Gasteiger partial charge in [0.1, 0.15) is 0 Å². The Balaban J connectivity index is 1.77. The molecule has 1 amide bonds. The van der Waals surface area contributed by atoms with E-state index in [9.17, 15) is 4.79 Å². The molecule has 0 aromatic carbocycles. The van der Waals surface area contributed by atoms with E-state index in [2.05, 4.69) is 23.9 Å². The lowest BCUT2D eigenvalue weighted by molar-refractivity contribution is -0.125. The van der Waals surface area contributed by atoms with E-state index in [1.54, 1.807) is 0 Å². The summed E-state index contributed by atoms with van der Waals surface area (Å²) in [5.41, 5.74) is 0. The van der Waals surface area contributed by atoms with Crippen LogP contribution in [0.5, 0.6) is 0 Å². The number of rotatable bonds is 3. The summed E-state index contributed by atoms with van der Waals surface area (Å²) >= 11 is 0. The average Bonchev–Trinajstić information content (AvgIpc) is 2.59. The summed E-state index contributed by atoms with van der Waals surface area (Å²) < 4.78 is 0. The van der Waals surface area contributed by atoms with Crippen molar-refractivity contribution in [3.8, 4) is 0 Å². The quantitative estimate of drug-likeness (QED) is 0.730. The smallest absolute Gasteiger partial charge is 0.237 e. The summed E-state index contributed by atoms with van der Waals surface area (Å²) in [4.78, 5) is 18.0. The molecule has 0 bridgehead atoms. The van der Waals surface area contributed by atoms with Gasteiger partial charge in [0, 0.05) is 19.6 Å².